The highest BCUT2D eigenvalue weighted by Crippen LogP contribution is 2.11. The van der Waals surface area contributed by atoms with E-state index in [1.165, 1.54) is 6.42 Å². The first kappa shape index (κ1) is 12.3. The summed E-state index contributed by atoms with van der Waals surface area (Å²) in [6, 6.07) is 3.69. The molecule has 0 radical (unpaired) electrons. The lowest BCUT2D eigenvalue weighted by Crippen LogP contribution is -2.09. The van der Waals surface area contributed by atoms with Crippen LogP contribution in [0.3, 0.4) is 0 Å². The van der Waals surface area contributed by atoms with Crippen molar-refractivity contribution in [2.75, 3.05) is 25.1 Å². The molecular weight excluding hydrogens is 212 g/mol. The fourth-order valence-electron chi connectivity index (χ4n) is 1.13. The predicted octanol–water partition coefficient (Wildman–Crippen LogP) is 2.96. The Morgan fingerprint density at radius 2 is 2.33 bits per heavy atom. The molecule has 4 heteroatoms. The average molecular weight is 229 g/mol. The van der Waals surface area contributed by atoms with E-state index in [-0.39, 0.29) is 0 Å². The van der Waals surface area contributed by atoms with Crippen LogP contribution in [0.5, 0.6) is 0 Å². The van der Waals surface area contributed by atoms with Gasteiger partial charge >= 0.3 is 0 Å². The molecule has 0 aliphatic heterocycles. The number of nitrogens with zero attached hydrogens (tertiary/aromatic N) is 1. The lowest BCUT2D eigenvalue weighted by atomic mass is 10.4. The van der Waals surface area contributed by atoms with Crippen molar-refractivity contribution in [3.05, 3.63) is 23.5 Å². The number of nitrogens with one attached hydrogen (secondary N) is 1. The molecule has 1 rings (SSSR count). The minimum Gasteiger partial charge on any atom is -0.383 e. The van der Waals surface area contributed by atoms with Gasteiger partial charge in [-0.15, -0.1) is 0 Å². The van der Waals surface area contributed by atoms with Crippen LogP contribution < -0.4 is 5.32 Å². The first-order valence-corrected chi connectivity index (χ1v) is 5.64. The molecule has 0 saturated carbocycles. The normalized spacial score (nSPS) is 10.3. The van der Waals surface area contributed by atoms with Crippen LogP contribution in [-0.4, -0.2) is 24.7 Å². The molecule has 1 N–H and O–H groups in total. The lowest BCUT2D eigenvalue weighted by Gasteiger charge is -2.06. The van der Waals surface area contributed by atoms with E-state index in [1.807, 2.05) is 6.07 Å². The Morgan fingerprint density at radius 3 is 3.07 bits per heavy atom. The molecule has 0 saturated heterocycles. The molecule has 0 bridgehead atoms. The summed E-state index contributed by atoms with van der Waals surface area (Å²) in [4.78, 5) is 3.90. The second-order valence-electron chi connectivity index (χ2n) is 3.26. The van der Waals surface area contributed by atoms with Gasteiger partial charge in [-0.25, -0.2) is 4.98 Å². The van der Waals surface area contributed by atoms with Crippen molar-refractivity contribution in [3.8, 4) is 0 Å². The molecular formula is C11H17ClN2O. The molecule has 0 atom stereocenters. The molecule has 84 valence electrons. The van der Waals surface area contributed by atoms with Gasteiger partial charge in [-0.1, -0.05) is 24.9 Å². The molecule has 0 fully saturated rings. The molecule has 0 aliphatic rings. The third-order valence-corrected chi connectivity index (χ3v) is 2.15. The maximum absolute atomic E-state index is 5.74. The molecule has 15 heavy (non-hydrogen) atoms. The number of pyridine rings is 1. The zero-order valence-electron chi connectivity index (χ0n) is 9.00. The van der Waals surface area contributed by atoms with Crippen LogP contribution in [-0.2, 0) is 4.74 Å². The van der Waals surface area contributed by atoms with Gasteiger partial charge in [0.2, 0.25) is 0 Å². The van der Waals surface area contributed by atoms with Gasteiger partial charge in [0.15, 0.2) is 0 Å². The predicted molar refractivity (Wildman–Crippen MR) is 63.5 cm³/mol. The van der Waals surface area contributed by atoms with Crippen molar-refractivity contribution in [3.63, 3.8) is 0 Å². The fraction of sp³-hybridized carbons (Fsp3) is 0.545. The van der Waals surface area contributed by atoms with E-state index < -0.39 is 0 Å². The summed E-state index contributed by atoms with van der Waals surface area (Å²) in [6.07, 6.45) is 3.98. The third kappa shape index (κ3) is 5.60. The Balaban J connectivity index is 2.10. The minimum absolute atomic E-state index is 0.506. The van der Waals surface area contributed by atoms with Gasteiger partial charge in [-0.2, -0.15) is 0 Å². The summed E-state index contributed by atoms with van der Waals surface area (Å²) in [5.74, 6) is 0. The van der Waals surface area contributed by atoms with Gasteiger partial charge in [0.1, 0.15) is 5.15 Å². The van der Waals surface area contributed by atoms with E-state index in [4.69, 9.17) is 16.3 Å². The van der Waals surface area contributed by atoms with Crippen LogP contribution in [0.15, 0.2) is 18.3 Å². The molecule has 1 heterocycles. The highest BCUT2D eigenvalue weighted by molar-refractivity contribution is 6.29. The second-order valence-corrected chi connectivity index (χ2v) is 3.65. The topological polar surface area (TPSA) is 34.1 Å². The smallest absolute Gasteiger partial charge is 0.131 e. The summed E-state index contributed by atoms with van der Waals surface area (Å²) in [6.45, 7) is 4.51. The first-order chi connectivity index (χ1) is 7.33. The van der Waals surface area contributed by atoms with Crippen molar-refractivity contribution in [1.82, 2.24) is 4.98 Å². The lowest BCUT2D eigenvalue weighted by molar-refractivity contribution is 0.141. The largest absolute Gasteiger partial charge is 0.383 e. The van der Waals surface area contributed by atoms with E-state index in [9.17, 15) is 0 Å². The third-order valence-electron chi connectivity index (χ3n) is 1.94. The fourth-order valence-corrected chi connectivity index (χ4v) is 1.30. The van der Waals surface area contributed by atoms with Crippen LogP contribution in [0, 0.1) is 0 Å². The highest BCUT2D eigenvalue weighted by atomic mass is 35.5. The zero-order valence-corrected chi connectivity index (χ0v) is 9.76. The Hall–Kier alpha value is -0.800. The number of hydrogen-bond donors (Lipinski definition) is 1. The van der Waals surface area contributed by atoms with Crippen molar-refractivity contribution in [1.29, 1.82) is 0 Å². The Kier molecular flexibility index (Phi) is 6.12. The summed E-state index contributed by atoms with van der Waals surface area (Å²) in [5, 5.41) is 3.72. The van der Waals surface area contributed by atoms with E-state index in [0.29, 0.717) is 5.15 Å². The average Bonchev–Trinajstić information content (AvgIpc) is 2.23. The molecule has 3 nitrogen and oxygen atoms in total. The van der Waals surface area contributed by atoms with Crippen molar-refractivity contribution in [2.45, 2.75) is 19.8 Å². The number of anilines is 1. The Bertz CT molecular complexity index is 281. The summed E-state index contributed by atoms with van der Waals surface area (Å²) in [7, 11) is 0. The molecule has 0 amide bonds. The monoisotopic (exact) mass is 228 g/mol. The molecule has 0 aromatic carbocycles. The van der Waals surface area contributed by atoms with Crippen LogP contribution >= 0.6 is 11.6 Å². The SMILES string of the molecule is CCCCOCCNc1ccnc(Cl)c1. The van der Waals surface area contributed by atoms with Crippen molar-refractivity contribution >= 4 is 17.3 Å². The quantitative estimate of drug-likeness (QED) is 0.576. The van der Waals surface area contributed by atoms with Crippen LogP contribution in [0.2, 0.25) is 5.15 Å². The molecule has 1 aromatic heterocycles. The molecule has 0 spiro atoms. The van der Waals surface area contributed by atoms with Gasteiger partial charge in [-0.05, 0) is 18.6 Å². The van der Waals surface area contributed by atoms with Crippen molar-refractivity contribution < 1.29 is 4.74 Å². The first-order valence-electron chi connectivity index (χ1n) is 5.26. The van der Waals surface area contributed by atoms with Crippen LogP contribution in [0.1, 0.15) is 19.8 Å². The van der Waals surface area contributed by atoms with E-state index in [0.717, 1.165) is 31.9 Å². The van der Waals surface area contributed by atoms with E-state index >= 15 is 0 Å². The standard InChI is InChI=1S/C11H17ClN2O/c1-2-3-7-15-8-6-13-10-4-5-14-11(12)9-10/h4-5,9H,2-3,6-8H2,1H3,(H,13,14). The second kappa shape index (κ2) is 7.49. The van der Waals surface area contributed by atoms with Gasteiger partial charge in [0, 0.05) is 25.0 Å². The van der Waals surface area contributed by atoms with Gasteiger partial charge in [0.25, 0.3) is 0 Å². The zero-order chi connectivity index (χ0) is 10.9. The summed E-state index contributed by atoms with van der Waals surface area (Å²) < 4.78 is 5.41. The number of rotatable bonds is 7. The van der Waals surface area contributed by atoms with Gasteiger partial charge < -0.3 is 10.1 Å². The maximum Gasteiger partial charge on any atom is 0.131 e. The summed E-state index contributed by atoms with van der Waals surface area (Å²) >= 11 is 5.74. The highest BCUT2D eigenvalue weighted by Gasteiger charge is 1.93. The number of aromatic nitrogens is 1. The number of ether oxygens (including phenoxy) is 1. The van der Waals surface area contributed by atoms with Crippen LogP contribution in [0.25, 0.3) is 0 Å². The number of halogens is 1. The molecule has 0 unspecified atom stereocenters. The summed E-state index contributed by atoms with van der Waals surface area (Å²) in [5.41, 5.74) is 0.981. The van der Waals surface area contributed by atoms with E-state index in [1.54, 1.807) is 12.3 Å². The molecule has 1 aromatic rings. The number of unbranched alkanes of at least 4 members (excludes halogenated alkanes) is 1. The van der Waals surface area contributed by atoms with E-state index in [2.05, 4.69) is 17.2 Å². The van der Waals surface area contributed by atoms with Gasteiger partial charge in [-0.3, -0.25) is 0 Å². The maximum atomic E-state index is 5.74. The van der Waals surface area contributed by atoms with Crippen LogP contribution in [0.4, 0.5) is 5.69 Å². The van der Waals surface area contributed by atoms with Crippen molar-refractivity contribution in [2.24, 2.45) is 0 Å². The minimum atomic E-state index is 0.506. The Labute approximate surface area is 95.8 Å². The van der Waals surface area contributed by atoms with Gasteiger partial charge in [0.05, 0.1) is 6.61 Å². The molecule has 0 aliphatic carbocycles. The number of hydrogen-bond acceptors (Lipinski definition) is 3. The Morgan fingerprint density at radius 1 is 1.47 bits per heavy atom.